The highest BCUT2D eigenvalue weighted by molar-refractivity contribution is 9.09. The molecule has 136 heavy (non-hydrogen) atoms. The van der Waals surface area contributed by atoms with Crippen molar-refractivity contribution in [3.63, 3.8) is 0 Å². The van der Waals surface area contributed by atoms with Gasteiger partial charge in [0.1, 0.15) is 0 Å². The molecular weight excluding hydrogens is 2020 g/mol. The Morgan fingerprint density at radius 1 is 0.463 bits per heavy atom. The number of benzene rings is 4. The Morgan fingerprint density at radius 3 is 1.17 bits per heavy atom. The molecule has 4 aromatic carbocycles. The van der Waals surface area contributed by atoms with Gasteiger partial charge < -0.3 is 43.7 Å². The minimum Gasteiger partial charge on any atom is -0.396 e. The molecule has 4 saturated carbocycles. The highest BCUT2D eigenvalue weighted by atomic mass is 79.9. The highest BCUT2D eigenvalue weighted by Gasteiger charge is 2.44. The number of nitrogens with two attached hydrogens (primary N) is 1. The molecule has 4 aliphatic carbocycles. The third kappa shape index (κ3) is 25.8. The molecule has 9 heterocycles. The lowest BCUT2D eigenvalue weighted by Gasteiger charge is -2.22. The van der Waals surface area contributed by atoms with Crippen LogP contribution >= 0.6 is 73.0 Å². The summed E-state index contributed by atoms with van der Waals surface area (Å²) >= 11 is 27.1. The van der Waals surface area contributed by atoms with Crippen LogP contribution in [0.25, 0.3) is 44.7 Å². The highest BCUT2D eigenvalue weighted by Crippen LogP contribution is 2.37. The van der Waals surface area contributed by atoms with E-state index in [4.69, 9.17) is 72.3 Å². The van der Waals surface area contributed by atoms with Crippen LogP contribution in [0.15, 0.2) is 156 Å². The van der Waals surface area contributed by atoms with Crippen LogP contribution in [0.5, 0.6) is 0 Å². The summed E-state index contributed by atoms with van der Waals surface area (Å²) in [5, 5.41) is 20.4. The number of hydrogen-bond acceptors (Lipinski definition) is 25. The Kier molecular flexibility index (Phi) is 36.1. The van der Waals surface area contributed by atoms with Crippen molar-refractivity contribution in [3.05, 3.63) is 223 Å². The lowest BCUT2D eigenvalue weighted by atomic mass is 10.2. The van der Waals surface area contributed by atoms with E-state index in [1.165, 1.54) is 85.3 Å². The quantitative estimate of drug-likeness (QED) is 0.0143. The van der Waals surface area contributed by atoms with E-state index in [1.807, 2.05) is 13.8 Å². The molecule has 0 spiro atoms. The third-order valence-corrected chi connectivity index (χ3v) is 31.1. The molecule has 8 aromatic heterocycles. The molecule has 5 aliphatic rings. The van der Waals surface area contributed by atoms with Crippen LogP contribution in [-0.2, 0) is 116 Å². The van der Waals surface area contributed by atoms with E-state index in [1.54, 1.807) is 97.1 Å². The van der Waals surface area contributed by atoms with Crippen LogP contribution in [0, 0.1) is 5.92 Å². The summed E-state index contributed by atoms with van der Waals surface area (Å²) in [6.07, 6.45) is 15.5. The van der Waals surface area contributed by atoms with Crippen LogP contribution in [0.2, 0.25) is 20.1 Å². The second-order valence-electron chi connectivity index (χ2n) is 33.6. The number of H-pyrrole nitrogens is 2. The van der Waals surface area contributed by atoms with Gasteiger partial charge >= 0.3 is 22.8 Å². The third-order valence-electron chi connectivity index (χ3n) is 22.9. The van der Waals surface area contributed by atoms with Crippen molar-refractivity contribution in [1.82, 2.24) is 84.2 Å². The van der Waals surface area contributed by atoms with E-state index < -0.39 is 89.1 Å². The van der Waals surface area contributed by atoms with Gasteiger partial charge in [-0.3, -0.25) is 56.5 Å². The van der Waals surface area contributed by atoms with E-state index in [0.29, 0.717) is 63.1 Å². The zero-order valence-electron chi connectivity index (χ0n) is 75.6. The summed E-state index contributed by atoms with van der Waals surface area (Å²) in [6, 6.07) is 27.6. The van der Waals surface area contributed by atoms with Gasteiger partial charge in [-0.15, -0.1) is 0 Å². The molecule has 0 radical (unpaired) electrons. The number of ether oxygens (including phenoxy) is 2. The fraction of sp³-hybridized carbons (Fsp3) is 0.494. The second-order valence-corrected chi connectivity index (χ2v) is 44.1. The standard InChI is InChI=1S/C24H32ClN5O4S.C22H28ClN5O6S.C17H17ClN4O4S.C13H10Cl2N4O4S.C8H15BrO2.C3H7N/c1-4-6-14-28-22(31)20-21(27(3)24(28)32)26-23(29(20)16-17-8-10-18(25)11-9-17)35(33,34)30(15-7-5-2)19-12-13-19;1-25-19-18(20(31)26(22(25)32)10-2-12-29)27(14-15-4-6-16(23)7-5-15)21(24-19)35(33,34)28(11-3-13-30)17-8-9-17;1-21-14-13(15(23)20-16(21)24)22(8-10-4-6-12(18)7-5-10)17(19-14)27(25,26)9-11-2-3-11;1-18-10-9(11(20)17-12(18)21)19(13(16-10)24(15,22)23)6-7-2-4-8(14)5-3-7;9-5-3-7-11-8-4-1-2-6-10-8;4-3-1-2-3/h8-11,19H,4-7,12-16H2,1-3H3;4-7,17,29-30H,2-3,8-14H2,1H3;4-7,11H,2-3,8-9H2,1H3,(H,20,23,24);2-5H,6H2,1H3,(H,17,20,21);8H,1-7H2;3H,1-2,4H2. The first kappa shape index (κ1) is 106. The molecule has 12 aromatic rings. The monoisotopic (exact) mass is 2120 g/mol. The number of hydrogen-bond donors (Lipinski definition) is 5. The minimum absolute atomic E-state index is 0.00812. The van der Waals surface area contributed by atoms with Crippen LogP contribution in [0.4, 0.5) is 0 Å². The smallest absolute Gasteiger partial charge is 0.332 e. The van der Waals surface area contributed by atoms with Gasteiger partial charge in [0.15, 0.2) is 50.9 Å². The Hall–Kier alpha value is -9.07. The van der Waals surface area contributed by atoms with Crippen molar-refractivity contribution < 1.29 is 53.4 Å². The molecule has 1 atom stereocenters. The number of rotatable bonds is 34. The van der Waals surface area contributed by atoms with Gasteiger partial charge in [-0.05, 0) is 179 Å². The van der Waals surface area contributed by atoms with Crippen LogP contribution in [-0.4, -0.2) is 203 Å². The molecule has 17 rings (SSSR count). The lowest BCUT2D eigenvalue weighted by molar-refractivity contribution is -0.161. The lowest BCUT2D eigenvalue weighted by Crippen LogP contribution is -2.40. The number of aliphatic hydroxyl groups is 2. The number of sulfonamides is 2. The fourth-order valence-corrected chi connectivity index (χ4v) is 22.1. The molecule has 738 valence electrons. The molecule has 0 amide bonds. The van der Waals surface area contributed by atoms with Crippen molar-refractivity contribution in [2.24, 2.45) is 39.8 Å². The van der Waals surface area contributed by atoms with Crippen molar-refractivity contribution >= 4 is 157 Å². The summed E-state index contributed by atoms with van der Waals surface area (Å²) in [5.74, 6) is 0.115. The van der Waals surface area contributed by atoms with Crippen molar-refractivity contribution in [1.29, 1.82) is 0 Å². The van der Waals surface area contributed by atoms with Crippen molar-refractivity contribution in [2.45, 2.75) is 214 Å². The van der Waals surface area contributed by atoms with E-state index >= 15 is 0 Å². The summed E-state index contributed by atoms with van der Waals surface area (Å²) < 4.78 is 131. The predicted molar refractivity (Wildman–Crippen MR) is 522 cm³/mol. The van der Waals surface area contributed by atoms with E-state index in [9.17, 15) is 82.2 Å². The molecular formula is C87H109BrCl5N19O20S4. The number of aromatic amines is 2. The van der Waals surface area contributed by atoms with Crippen LogP contribution < -0.4 is 50.7 Å². The average molecular weight is 2130 g/mol. The Labute approximate surface area is 814 Å². The fourth-order valence-electron chi connectivity index (χ4n) is 14.9. The summed E-state index contributed by atoms with van der Waals surface area (Å²) in [5.41, 5.74) is 3.12. The minimum atomic E-state index is -4.24. The number of sulfone groups is 1. The molecule has 1 aliphatic heterocycles. The maximum atomic E-state index is 13.9. The maximum absolute atomic E-state index is 13.9. The number of aromatic nitrogens is 16. The van der Waals surface area contributed by atoms with Gasteiger partial charge in [-0.2, -0.15) is 28.5 Å². The Morgan fingerprint density at radius 2 is 0.824 bits per heavy atom. The zero-order valence-corrected chi connectivity index (χ0v) is 84.3. The number of aliphatic hydroxyl groups excluding tert-OH is 2. The summed E-state index contributed by atoms with van der Waals surface area (Å²) in [4.78, 5) is 122. The molecule has 49 heteroatoms. The number of imidazole rings is 4. The molecule has 39 nitrogen and oxygen atoms in total. The number of alkyl halides is 1. The van der Waals surface area contributed by atoms with Crippen molar-refractivity contribution in [2.75, 3.05) is 50.6 Å². The van der Waals surface area contributed by atoms with Gasteiger partial charge in [0.25, 0.3) is 51.3 Å². The number of halogens is 6. The number of nitrogens with one attached hydrogen (secondary N) is 2. The predicted octanol–water partition coefficient (Wildman–Crippen LogP) is 8.65. The molecule has 5 fully saturated rings. The SMILES string of the molecule is BrCCCOC1CCCCO1.CCCCN(C1CC1)S(=O)(=O)c1nc2c(c(=O)n(CCCC)c(=O)n2C)n1Cc1ccc(Cl)cc1.Cn1c(=O)[nH]c(=O)c2c1nc(S(=O)(=O)CC1CC1)n2Cc1ccc(Cl)cc1.Cn1c(=O)[nH]c(=O)c2c1nc(S(=O)(=O)Cl)n2Cc1ccc(Cl)cc1.Cn1c(=O)n(CCCO)c(=O)c2c1nc(S(=O)(=O)N(CCCO)C1CC1)n2Cc1ccc(Cl)cc1.NC1CC1. The Balaban J connectivity index is 0.000000156. The maximum Gasteiger partial charge on any atom is 0.332 e. The Bertz CT molecular complexity index is 7080. The first-order chi connectivity index (χ1) is 64.7. The number of aryl methyl sites for hydroxylation is 4. The normalized spacial score (nSPS) is 15.2. The van der Waals surface area contributed by atoms with Gasteiger partial charge in [-0.25, -0.2) is 52.8 Å². The molecule has 0 bridgehead atoms. The van der Waals surface area contributed by atoms with Gasteiger partial charge in [0.2, 0.25) is 30.5 Å². The summed E-state index contributed by atoms with van der Waals surface area (Å²) in [7, 11) is -4.92. The first-order valence-corrected chi connectivity index (χ1v) is 53.9. The van der Waals surface area contributed by atoms with E-state index in [-0.39, 0.29) is 162 Å². The van der Waals surface area contributed by atoms with Gasteiger partial charge in [-0.1, -0.05) is 138 Å². The number of unbranched alkanes of at least 4 members (excludes halogenated alkanes) is 2. The molecule has 1 saturated heterocycles. The van der Waals surface area contributed by atoms with E-state index in [2.05, 4.69) is 45.8 Å². The zero-order chi connectivity index (χ0) is 98.6. The largest absolute Gasteiger partial charge is 0.396 e. The molecule has 1 unspecified atom stereocenters. The second kappa shape index (κ2) is 46.3. The topological polar surface area (TPSA) is 497 Å². The average Bonchev–Trinajstić information content (AvgIpc) is 1.57. The number of fused-ring (bicyclic) bond motifs is 4. The van der Waals surface area contributed by atoms with Crippen LogP contribution in [0.1, 0.15) is 152 Å². The van der Waals surface area contributed by atoms with Crippen molar-refractivity contribution in [3.8, 4) is 0 Å². The first-order valence-electron chi connectivity index (χ1n) is 44.4. The van der Waals surface area contributed by atoms with Gasteiger partial charge in [0.05, 0.1) is 38.5 Å². The summed E-state index contributed by atoms with van der Waals surface area (Å²) in [6.45, 7) is 6.31. The van der Waals surface area contributed by atoms with Crippen LogP contribution in [0.3, 0.4) is 0 Å². The van der Waals surface area contributed by atoms with E-state index in [0.717, 1.165) is 110 Å². The molecule has 6 N–H and O–H groups in total. The number of nitrogens with zero attached hydrogens (tertiary/aromatic N) is 16. The van der Waals surface area contributed by atoms with Gasteiger partial charge in [0, 0.05) is 128 Å².